The lowest BCUT2D eigenvalue weighted by Crippen LogP contribution is -2.38. The minimum absolute atomic E-state index is 0.274. The molecule has 92 valence electrons. The largest absolute Gasteiger partial charge is 0.494 e. The van der Waals surface area contributed by atoms with E-state index in [9.17, 15) is 4.39 Å². The molecule has 0 bridgehead atoms. The van der Waals surface area contributed by atoms with Crippen molar-refractivity contribution in [3.8, 4) is 11.8 Å². The van der Waals surface area contributed by atoms with E-state index in [0.717, 1.165) is 6.42 Å². The molecule has 1 atom stereocenters. The molecule has 0 heterocycles. The van der Waals surface area contributed by atoms with E-state index in [-0.39, 0.29) is 5.82 Å². The monoisotopic (exact) mass is 236 g/mol. The fourth-order valence-electron chi connectivity index (χ4n) is 1.38. The molecule has 3 nitrogen and oxygen atoms in total. The van der Waals surface area contributed by atoms with Gasteiger partial charge in [-0.15, -0.1) is 0 Å². The molecule has 0 spiro atoms. The van der Waals surface area contributed by atoms with Gasteiger partial charge in [0.15, 0.2) is 0 Å². The first-order valence-corrected chi connectivity index (χ1v) is 5.58. The first-order valence-electron chi connectivity index (χ1n) is 5.58. The zero-order valence-corrected chi connectivity index (χ0v) is 10.2. The molecular weight excluding hydrogens is 219 g/mol. The third-order valence-electron chi connectivity index (χ3n) is 2.70. The summed E-state index contributed by atoms with van der Waals surface area (Å²) in [5.41, 5.74) is -0.508. The fourth-order valence-corrected chi connectivity index (χ4v) is 1.38. The molecule has 0 fully saturated rings. The van der Waals surface area contributed by atoms with Crippen LogP contribution in [0.15, 0.2) is 24.3 Å². The number of nitriles is 1. The minimum atomic E-state index is -0.508. The van der Waals surface area contributed by atoms with E-state index in [1.54, 1.807) is 19.2 Å². The van der Waals surface area contributed by atoms with Crippen LogP contribution in [-0.4, -0.2) is 19.2 Å². The lowest BCUT2D eigenvalue weighted by molar-refractivity contribution is 0.288. The molecule has 1 rings (SSSR count). The van der Waals surface area contributed by atoms with Crippen LogP contribution in [0.4, 0.5) is 4.39 Å². The number of nitrogens with zero attached hydrogens (tertiary/aromatic N) is 1. The Hall–Kier alpha value is -1.60. The zero-order valence-electron chi connectivity index (χ0n) is 10.2. The van der Waals surface area contributed by atoms with Gasteiger partial charge in [0.05, 0.1) is 12.7 Å². The SMILES string of the molecule is CNC(C)(C#N)CCCOc1ccc(F)cc1. The van der Waals surface area contributed by atoms with Gasteiger partial charge < -0.3 is 10.1 Å². The lowest BCUT2D eigenvalue weighted by Gasteiger charge is -2.20. The highest BCUT2D eigenvalue weighted by Gasteiger charge is 2.19. The average Bonchev–Trinajstić information content (AvgIpc) is 2.36. The van der Waals surface area contributed by atoms with Crippen LogP contribution < -0.4 is 10.1 Å². The van der Waals surface area contributed by atoms with Gasteiger partial charge in [-0.05, 0) is 51.1 Å². The molecule has 0 aliphatic rings. The summed E-state index contributed by atoms with van der Waals surface area (Å²) in [4.78, 5) is 0. The maximum absolute atomic E-state index is 12.6. The first kappa shape index (κ1) is 13.5. The fraction of sp³-hybridized carbons (Fsp3) is 0.462. The van der Waals surface area contributed by atoms with Crippen molar-refractivity contribution in [3.05, 3.63) is 30.1 Å². The van der Waals surface area contributed by atoms with Crippen molar-refractivity contribution in [2.45, 2.75) is 25.3 Å². The summed E-state index contributed by atoms with van der Waals surface area (Å²) in [6.07, 6.45) is 1.48. The predicted octanol–water partition coefficient (Wildman–Crippen LogP) is 2.49. The van der Waals surface area contributed by atoms with E-state index in [0.29, 0.717) is 18.8 Å². The molecule has 1 aromatic carbocycles. The van der Waals surface area contributed by atoms with Gasteiger partial charge in [0, 0.05) is 0 Å². The van der Waals surface area contributed by atoms with Gasteiger partial charge in [0.1, 0.15) is 17.1 Å². The van der Waals surface area contributed by atoms with Crippen molar-refractivity contribution < 1.29 is 9.13 Å². The molecule has 0 saturated heterocycles. The van der Waals surface area contributed by atoms with E-state index in [2.05, 4.69) is 11.4 Å². The highest BCUT2D eigenvalue weighted by atomic mass is 19.1. The Morgan fingerprint density at radius 2 is 2.06 bits per heavy atom. The first-order chi connectivity index (χ1) is 8.09. The van der Waals surface area contributed by atoms with Crippen LogP contribution in [0.5, 0.6) is 5.75 Å². The summed E-state index contributed by atoms with van der Waals surface area (Å²) in [6.45, 7) is 2.37. The molecule has 1 N–H and O–H groups in total. The molecule has 0 radical (unpaired) electrons. The quantitative estimate of drug-likeness (QED) is 0.772. The molecule has 4 heteroatoms. The second-order valence-corrected chi connectivity index (χ2v) is 4.10. The number of hydrogen-bond acceptors (Lipinski definition) is 3. The van der Waals surface area contributed by atoms with E-state index >= 15 is 0 Å². The van der Waals surface area contributed by atoms with Crippen LogP contribution in [0.1, 0.15) is 19.8 Å². The number of benzene rings is 1. The zero-order chi connectivity index (χ0) is 12.7. The summed E-state index contributed by atoms with van der Waals surface area (Å²) in [6, 6.07) is 8.13. The van der Waals surface area contributed by atoms with E-state index in [1.807, 2.05) is 6.92 Å². The van der Waals surface area contributed by atoms with Crippen molar-refractivity contribution >= 4 is 0 Å². The molecule has 1 unspecified atom stereocenters. The molecule has 0 aliphatic heterocycles. The van der Waals surface area contributed by atoms with Crippen LogP contribution in [0, 0.1) is 17.1 Å². The van der Waals surface area contributed by atoms with Gasteiger partial charge in [0.25, 0.3) is 0 Å². The highest BCUT2D eigenvalue weighted by molar-refractivity contribution is 5.21. The van der Waals surface area contributed by atoms with Crippen LogP contribution in [0.2, 0.25) is 0 Å². The maximum Gasteiger partial charge on any atom is 0.123 e. The van der Waals surface area contributed by atoms with Crippen molar-refractivity contribution in [1.29, 1.82) is 5.26 Å². The van der Waals surface area contributed by atoms with Gasteiger partial charge in [-0.1, -0.05) is 0 Å². The van der Waals surface area contributed by atoms with Crippen LogP contribution >= 0.6 is 0 Å². The third-order valence-corrected chi connectivity index (χ3v) is 2.70. The smallest absolute Gasteiger partial charge is 0.123 e. The standard InChI is InChI=1S/C13H17FN2O/c1-13(10-15,16-2)8-3-9-17-12-6-4-11(14)5-7-12/h4-7,16H,3,8-9H2,1-2H3. The van der Waals surface area contributed by atoms with Gasteiger partial charge in [0.2, 0.25) is 0 Å². The van der Waals surface area contributed by atoms with Crippen molar-refractivity contribution in [2.75, 3.05) is 13.7 Å². The maximum atomic E-state index is 12.6. The summed E-state index contributed by atoms with van der Waals surface area (Å²) >= 11 is 0. The van der Waals surface area contributed by atoms with Crippen LogP contribution in [-0.2, 0) is 0 Å². The Morgan fingerprint density at radius 3 is 2.59 bits per heavy atom. The molecular formula is C13H17FN2O. The Morgan fingerprint density at radius 1 is 1.41 bits per heavy atom. The number of nitrogens with one attached hydrogen (secondary N) is 1. The summed E-state index contributed by atoms with van der Waals surface area (Å²) in [5, 5.41) is 11.9. The van der Waals surface area contributed by atoms with Gasteiger partial charge >= 0.3 is 0 Å². The van der Waals surface area contributed by atoms with E-state index < -0.39 is 5.54 Å². The van der Waals surface area contributed by atoms with Gasteiger partial charge in [-0.2, -0.15) is 5.26 Å². The molecule has 0 amide bonds. The molecule has 1 aromatic rings. The second-order valence-electron chi connectivity index (χ2n) is 4.10. The molecule has 0 aromatic heterocycles. The molecule has 0 aliphatic carbocycles. The van der Waals surface area contributed by atoms with Crippen molar-refractivity contribution in [3.63, 3.8) is 0 Å². The minimum Gasteiger partial charge on any atom is -0.494 e. The van der Waals surface area contributed by atoms with Crippen LogP contribution in [0.25, 0.3) is 0 Å². The lowest BCUT2D eigenvalue weighted by atomic mass is 9.98. The van der Waals surface area contributed by atoms with Crippen LogP contribution in [0.3, 0.4) is 0 Å². The topological polar surface area (TPSA) is 45.0 Å². The average molecular weight is 236 g/mol. The van der Waals surface area contributed by atoms with Crippen molar-refractivity contribution in [1.82, 2.24) is 5.32 Å². The number of ether oxygens (including phenoxy) is 1. The molecule has 0 saturated carbocycles. The number of rotatable bonds is 6. The highest BCUT2D eigenvalue weighted by Crippen LogP contribution is 2.14. The van der Waals surface area contributed by atoms with E-state index in [4.69, 9.17) is 10.00 Å². The Balaban J connectivity index is 2.29. The Labute approximate surface area is 101 Å². The third kappa shape index (κ3) is 4.41. The number of hydrogen-bond donors (Lipinski definition) is 1. The second kappa shape index (κ2) is 6.21. The Bertz CT molecular complexity index is 385. The van der Waals surface area contributed by atoms with Gasteiger partial charge in [-0.25, -0.2) is 4.39 Å². The summed E-state index contributed by atoms with van der Waals surface area (Å²) in [5.74, 6) is 0.374. The number of halogens is 1. The van der Waals surface area contributed by atoms with Gasteiger partial charge in [-0.3, -0.25) is 0 Å². The molecule has 17 heavy (non-hydrogen) atoms. The summed E-state index contributed by atoms with van der Waals surface area (Å²) in [7, 11) is 1.77. The predicted molar refractivity (Wildman–Crippen MR) is 64.2 cm³/mol. The van der Waals surface area contributed by atoms with E-state index in [1.165, 1.54) is 12.1 Å². The Kier molecular flexibility index (Phi) is 4.92. The summed E-state index contributed by atoms with van der Waals surface area (Å²) < 4.78 is 18.1. The van der Waals surface area contributed by atoms with Crippen molar-refractivity contribution in [2.24, 2.45) is 0 Å². The normalized spacial score (nSPS) is 13.8.